The number of rotatable bonds is 5. The van der Waals surface area contributed by atoms with Gasteiger partial charge < -0.3 is 0 Å². The quantitative estimate of drug-likeness (QED) is 0.164. The second-order valence-electron chi connectivity index (χ2n) is 15.1. The van der Waals surface area contributed by atoms with Crippen molar-refractivity contribution in [2.24, 2.45) is 0 Å². The van der Waals surface area contributed by atoms with Gasteiger partial charge in [-0.1, -0.05) is 188 Å². The molecule has 0 saturated heterocycles. The normalized spacial score (nSPS) is 11.7. The van der Waals surface area contributed by atoms with Crippen molar-refractivity contribution in [3.63, 3.8) is 0 Å². The number of hydrogen-bond donors (Lipinski definition) is 0. The number of aromatic nitrogens is 3. The molecule has 3 aromatic heterocycles. The van der Waals surface area contributed by atoms with Gasteiger partial charge in [-0.05, 0) is 39.6 Å². The molecule has 0 unspecified atom stereocenters. The molecule has 274 valence electrons. The molecule has 0 aliphatic rings. The Labute approximate surface area is 344 Å². The molecule has 0 bridgehead atoms. The predicted octanol–water partition coefficient (Wildman–Crippen LogP) is 15.2. The summed E-state index contributed by atoms with van der Waals surface area (Å²) in [6.45, 7) is 0. The van der Waals surface area contributed by atoms with Crippen LogP contribution in [0.2, 0.25) is 0 Å². The lowest BCUT2D eigenvalue weighted by Gasteiger charge is -2.16. The molecule has 9 aromatic carbocycles. The molecule has 0 aliphatic carbocycles. The highest BCUT2D eigenvalue weighted by Gasteiger charge is 2.18. The highest BCUT2D eigenvalue weighted by molar-refractivity contribution is 7.26. The Morgan fingerprint density at radius 3 is 1.71 bits per heavy atom. The summed E-state index contributed by atoms with van der Waals surface area (Å²) >= 11 is 1.87. The molecule has 0 fully saturated rings. The standard InChI is InChI=1S/C55H33N3S/c1-2-13-39(14-3-1)55-56-48-22-8-6-17-45(48)51(58-55)37-28-30-38(31-29-37)52-47-33-32-34-12-4-5-15-40(34)50(47)46-21-10-18-41(53(46)57-52)35-24-26-36(27-25-35)42-19-11-20-44-43-16-7-9-23-49(43)59-54(42)44/h1-33H. The number of nitrogens with zero attached hydrogens (tertiary/aromatic N) is 3. The van der Waals surface area contributed by atoms with E-state index in [1.54, 1.807) is 0 Å². The van der Waals surface area contributed by atoms with E-state index in [-0.39, 0.29) is 0 Å². The third-order valence-corrected chi connectivity index (χ3v) is 12.9. The SMILES string of the molecule is c1ccc(-c2nc(-c3ccc(-c4nc5c(-c6ccc(-c7cccc8c7sc7ccccc78)cc6)cccc5c5c4ccc4ccccc45)cc3)c3ccccc3n2)cc1. The lowest BCUT2D eigenvalue weighted by Crippen LogP contribution is -1.96. The van der Waals surface area contributed by atoms with E-state index in [1.165, 1.54) is 47.5 Å². The fraction of sp³-hybridized carbons (Fsp3) is 0. The minimum Gasteiger partial charge on any atom is -0.246 e. The average molecular weight is 768 g/mol. The van der Waals surface area contributed by atoms with Crippen LogP contribution in [0, 0.1) is 0 Å². The van der Waals surface area contributed by atoms with E-state index in [1.807, 2.05) is 35.6 Å². The Bertz CT molecular complexity index is 3590. The fourth-order valence-corrected chi connectivity index (χ4v) is 10.1. The molecule has 12 aromatic rings. The monoisotopic (exact) mass is 767 g/mol. The number of benzene rings is 9. The van der Waals surface area contributed by atoms with Gasteiger partial charge in [0, 0.05) is 64.0 Å². The van der Waals surface area contributed by atoms with Gasteiger partial charge in [0.05, 0.1) is 22.4 Å². The topological polar surface area (TPSA) is 38.7 Å². The predicted molar refractivity (Wildman–Crippen MR) is 250 cm³/mol. The molecule has 3 heterocycles. The van der Waals surface area contributed by atoms with Crippen LogP contribution in [0.15, 0.2) is 200 Å². The molecule has 3 nitrogen and oxygen atoms in total. The first-order valence-corrected chi connectivity index (χ1v) is 20.8. The Hall–Kier alpha value is -7.53. The van der Waals surface area contributed by atoms with Crippen molar-refractivity contribution >= 4 is 74.9 Å². The van der Waals surface area contributed by atoms with Crippen LogP contribution in [0.25, 0.3) is 120 Å². The van der Waals surface area contributed by atoms with E-state index in [2.05, 4.69) is 176 Å². The highest BCUT2D eigenvalue weighted by Crippen LogP contribution is 2.43. The molecular weight excluding hydrogens is 735 g/mol. The Balaban J connectivity index is 1.01. The smallest absolute Gasteiger partial charge is 0.160 e. The maximum absolute atomic E-state index is 5.58. The minimum atomic E-state index is 0.718. The molecule has 4 heteroatoms. The zero-order valence-corrected chi connectivity index (χ0v) is 32.6. The summed E-state index contributed by atoms with van der Waals surface area (Å²) in [6.07, 6.45) is 0. The Kier molecular flexibility index (Phi) is 7.72. The van der Waals surface area contributed by atoms with Crippen LogP contribution in [-0.4, -0.2) is 15.0 Å². The van der Waals surface area contributed by atoms with Gasteiger partial charge in [-0.15, -0.1) is 11.3 Å². The summed E-state index contributed by atoms with van der Waals surface area (Å²) in [5, 5.41) is 9.59. The van der Waals surface area contributed by atoms with E-state index in [9.17, 15) is 0 Å². The van der Waals surface area contributed by atoms with Crippen molar-refractivity contribution in [3.8, 4) is 56.2 Å². The van der Waals surface area contributed by atoms with Crippen LogP contribution in [0.5, 0.6) is 0 Å². The molecule has 0 aliphatic heterocycles. The molecule has 0 N–H and O–H groups in total. The van der Waals surface area contributed by atoms with Crippen LogP contribution in [0.4, 0.5) is 0 Å². The summed E-state index contributed by atoms with van der Waals surface area (Å²) in [7, 11) is 0. The van der Waals surface area contributed by atoms with E-state index in [0.29, 0.717) is 0 Å². The van der Waals surface area contributed by atoms with Crippen LogP contribution in [0.3, 0.4) is 0 Å². The van der Waals surface area contributed by atoms with Crippen LogP contribution in [-0.2, 0) is 0 Å². The van der Waals surface area contributed by atoms with Gasteiger partial charge in [-0.2, -0.15) is 0 Å². The summed E-state index contributed by atoms with van der Waals surface area (Å²) in [5.41, 5.74) is 11.6. The highest BCUT2D eigenvalue weighted by atomic mass is 32.1. The van der Waals surface area contributed by atoms with Crippen molar-refractivity contribution in [3.05, 3.63) is 200 Å². The van der Waals surface area contributed by atoms with Gasteiger partial charge in [0.15, 0.2) is 5.82 Å². The largest absolute Gasteiger partial charge is 0.246 e. The Morgan fingerprint density at radius 1 is 0.322 bits per heavy atom. The number of fused-ring (bicyclic) bond motifs is 9. The zero-order chi connectivity index (χ0) is 38.9. The van der Waals surface area contributed by atoms with Gasteiger partial charge in [0.2, 0.25) is 0 Å². The van der Waals surface area contributed by atoms with Crippen LogP contribution < -0.4 is 0 Å². The van der Waals surface area contributed by atoms with Gasteiger partial charge in [-0.3, -0.25) is 0 Å². The molecule has 0 saturated carbocycles. The van der Waals surface area contributed by atoms with Crippen LogP contribution >= 0.6 is 11.3 Å². The van der Waals surface area contributed by atoms with Crippen LogP contribution in [0.1, 0.15) is 0 Å². The molecule has 12 rings (SSSR count). The maximum atomic E-state index is 5.58. The van der Waals surface area contributed by atoms with E-state index >= 15 is 0 Å². The summed E-state index contributed by atoms with van der Waals surface area (Å²) < 4.78 is 2.64. The lowest BCUT2D eigenvalue weighted by atomic mass is 9.92. The molecule has 59 heavy (non-hydrogen) atoms. The van der Waals surface area contributed by atoms with Gasteiger partial charge in [-0.25, -0.2) is 15.0 Å². The van der Waals surface area contributed by atoms with E-state index in [4.69, 9.17) is 15.0 Å². The first-order chi connectivity index (χ1) is 29.2. The summed E-state index contributed by atoms with van der Waals surface area (Å²) in [4.78, 5) is 15.7. The zero-order valence-electron chi connectivity index (χ0n) is 31.8. The molecule has 0 atom stereocenters. The maximum Gasteiger partial charge on any atom is 0.160 e. The number of para-hydroxylation sites is 2. The van der Waals surface area contributed by atoms with Crippen molar-refractivity contribution in [1.82, 2.24) is 15.0 Å². The average Bonchev–Trinajstić information content (AvgIpc) is 3.70. The molecule has 0 amide bonds. The Morgan fingerprint density at radius 2 is 0.915 bits per heavy atom. The van der Waals surface area contributed by atoms with Crippen molar-refractivity contribution < 1.29 is 0 Å². The third kappa shape index (κ3) is 5.53. The first kappa shape index (κ1) is 33.6. The van der Waals surface area contributed by atoms with Crippen molar-refractivity contribution in [1.29, 1.82) is 0 Å². The lowest BCUT2D eigenvalue weighted by molar-refractivity contribution is 1.23. The number of thiophene rings is 1. The third-order valence-electron chi connectivity index (χ3n) is 11.7. The van der Waals surface area contributed by atoms with Crippen molar-refractivity contribution in [2.75, 3.05) is 0 Å². The van der Waals surface area contributed by atoms with Crippen molar-refractivity contribution in [2.45, 2.75) is 0 Å². The second-order valence-corrected chi connectivity index (χ2v) is 16.1. The summed E-state index contributed by atoms with van der Waals surface area (Å²) in [6, 6.07) is 71.4. The molecule has 0 radical (unpaired) electrons. The second kappa shape index (κ2) is 13.6. The van der Waals surface area contributed by atoms with E-state index < -0.39 is 0 Å². The van der Waals surface area contributed by atoms with Gasteiger partial charge in [0.25, 0.3) is 0 Å². The summed E-state index contributed by atoms with van der Waals surface area (Å²) in [5.74, 6) is 0.718. The molecule has 0 spiro atoms. The minimum absolute atomic E-state index is 0.718. The first-order valence-electron chi connectivity index (χ1n) is 19.9. The molecular formula is C55H33N3S. The van der Waals surface area contributed by atoms with E-state index in [0.717, 1.165) is 72.2 Å². The van der Waals surface area contributed by atoms with Gasteiger partial charge in [0.1, 0.15) is 0 Å². The fourth-order valence-electron chi connectivity index (χ4n) is 8.85. The number of hydrogen-bond acceptors (Lipinski definition) is 4. The van der Waals surface area contributed by atoms with Gasteiger partial charge >= 0.3 is 0 Å². The number of pyridine rings is 1.